The zero-order valence-electron chi connectivity index (χ0n) is 18.8. The van der Waals surface area contributed by atoms with Gasteiger partial charge in [-0.1, -0.05) is 44.2 Å². The Morgan fingerprint density at radius 1 is 1.16 bits per heavy atom. The number of benzene rings is 1. The number of nitrogens with zero attached hydrogens (tertiary/aromatic N) is 4. The summed E-state index contributed by atoms with van der Waals surface area (Å²) in [6.07, 6.45) is 3.93. The number of aryl methyl sites for hydroxylation is 1. The Hall–Kier alpha value is -2.76. The van der Waals surface area contributed by atoms with E-state index in [2.05, 4.69) is 12.1 Å². The maximum atomic E-state index is 12.8. The van der Waals surface area contributed by atoms with Gasteiger partial charge >= 0.3 is 0 Å². The second kappa shape index (κ2) is 9.16. The molecule has 2 aliphatic rings. The first-order valence-electron chi connectivity index (χ1n) is 11.4. The summed E-state index contributed by atoms with van der Waals surface area (Å²) in [5, 5.41) is 0. The molecular formula is C25H32N4O2. The standard InChI is InChI=1S/C25H32N4O2/c1-17(2)25(31)28-14-7-10-20(16-28)23-26-18(3)21-11-12-22(30)29(24(21)27-23)15-13-19-8-5-4-6-9-19/h4-6,8-9,17,20H,7,10-16H2,1-3H3/t20-/m1/s1. The fourth-order valence-corrected chi connectivity index (χ4v) is 4.66. The largest absolute Gasteiger partial charge is 0.342 e. The van der Waals surface area contributed by atoms with Crippen LogP contribution in [0.2, 0.25) is 0 Å². The van der Waals surface area contributed by atoms with Crippen LogP contribution in [0.5, 0.6) is 0 Å². The molecule has 0 radical (unpaired) electrons. The number of hydrogen-bond acceptors (Lipinski definition) is 4. The molecule has 164 valence electrons. The van der Waals surface area contributed by atoms with E-state index in [4.69, 9.17) is 9.97 Å². The smallest absolute Gasteiger partial charge is 0.228 e. The molecule has 6 heteroatoms. The topological polar surface area (TPSA) is 66.4 Å². The van der Waals surface area contributed by atoms with E-state index >= 15 is 0 Å². The lowest BCUT2D eigenvalue weighted by molar-refractivity contribution is -0.135. The van der Waals surface area contributed by atoms with Crippen molar-refractivity contribution in [1.82, 2.24) is 14.9 Å². The quantitative estimate of drug-likeness (QED) is 0.740. The molecule has 31 heavy (non-hydrogen) atoms. The first-order valence-corrected chi connectivity index (χ1v) is 11.4. The first-order chi connectivity index (χ1) is 14.9. The molecule has 1 aromatic heterocycles. The first kappa shape index (κ1) is 21.5. The second-order valence-electron chi connectivity index (χ2n) is 9.03. The lowest BCUT2D eigenvalue weighted by Crippen LogP contribution is -2.42. The molecule has 3 heterocycles. The molecule has 1 fully saturated rings. The fraction of sp³-hybridized carbons (Fsp3) is 0.520. The van der Waals surface area contributed by atoms with Gasteiger partial charge in [0.1, 0.15) is 11.6 Å². The summed E-state index contributed by atoms with van der Waals surface area (Å²) in [4.78, 5) is 38.9. The van der Waals surface area contributed by atoms with Crippen LogP contribution >= 0.6 is 0 Å². The van der Waals surface area contributed by atoms with Crippen molar-refractivity contribution in [2.45, 2.75) is 58.8 Å². The van der Waals surface area contributed by atoms with Gasteiger partial charge < -0.3 is 4.90 Å². The third-order valence-electron chi connectivity index (χ3n) is 6.41. The zero-order valence-corrected chi connectivity index (χ0v) is 18.8. The number of piperidine rings is 1. The van der Waals surface area contributed by atoms with Crippen LogP contribution < -0.4 is 4.90 Å². The summed E-state index contributed by atoms with van der Waals surface area (Å²) in [5.41, 5.74) is 3.26. The second-order valence-corrected chi connectivity index (χ2v) is 9.03. The van der Waals surface area contributed by atoms with Gasteiger partial charge in [0, 0.05) is 49.1 Å². The number of carbonyl (C=O) groups excluding carboxylic acids is 2. The number of fused-ring (bicyclic) bond motifs is 1. The monoisotopic (exact) mass is 420 g/mol. The number of aromatic nitrogens is 2. The molecule has 0 spiro atoms. The highest BCUT2D eigenvalue weighted by Gasteiger charge is 2.32. The van der Waals surface area contributed by atoms with Crippen LogP contribution in [-0.2, 0) is 22.4 Å². The van der Waals surface area contributed by atoms with Crippen LogP contribution in [0.15, 0.2) is 30.3 Å². The van der Waals surface area contributed by atoms with E-state index < -0.39 is 0 Å². The molecule has 0 unspecified atom stereocenters. The highest BCUT2D eigenvalue weighted by Crippen LogP contribution is 2.32. The van der Waals surface area contributed by atoms with Gasteiger partial charge in [0.15, 0.2) is 0 Å². The molecule has 6 nitrogen and oxygen atoms in total. The predicted molar refractivity (Wildman–Crippen MR) is 121 cm³/mol. The Labute approximate surface area is 184 Å². The van der Waals surface area contributed by atoms with Gasteiger partial charge in [-0.15, -0.1) is 0 Å². The molecule has 2 aliphatic heterocycles. The number of likely N-dealkylation sites (tertiary alicyclic amines) is 1. The Morgan fingerprint density at radius 2 is 1.94 bits per heavy atom. The van der Waals surface area contributed by atoms with Crippen molar-refractivity contribution in [2.75, 3.05) is 24.5 Å². The van der Waals surface area contributed by atoms with Crippen molar-refractivity contribution in [3.05, 3.63) is 53.0 Å². The van der Waals surface area contributed by atoms with Crippen molar-refractivity contribution in [1.29, 1.82) is 0 Å². The van der Waals surface area contributed by atoms with Crippen LogP contribution in [0.4, 0.5) is 5.82 Å². The van der Waals surface area contributed by atoms with Crippen LogP contribution in [0.1, 0.15) is 61.7 Å². The van der Waals surface area contributed by atoms with E-state index in [9.17, 15) is 9.59 Å². The highest BCUT2D eigenvalue weighted by molar-refractivity contribution is 5.95. The molecule has 0 N–H and O–H groups in total. The minimum atomic E-state index is -0.00367. The van der Waals surface area contributed by atoms with Gasteiger partial charge in [-0.25, -0.2) is 9.97 Å². The normalized spacial score (nSPS) is 19.0. The van der Waals surface area contributed by atoms with Gasteiger partial charge in [0.25, 0.3) is 0 Å². The maximum absolute atomic E-state index is 12.8. The summed E-state index contributed by atoms with van der Waals surface area (Å²) < 4.78 is 0. The van der Waals surface area contributed by atoms with Crippen LogP contribution in [0.25, 0.3) is 0 Å². The van der Waals surface area contributed by atoms with E-state index in [-0.39, 0.29) is 23.7 Å². The van der Waals surface area contributed by atoms with Gasteiger partial charge in [0.05, 0.1) is 0 Å². The number of carbonyl (C=O) groups is 2. The van der Waals surface area contributed by atoms with E-state index in [0.717, 1.165) is 48.7 Å². The van der Waals surface area contributed by atoms with E-state index in [1.54, 1.807) is 0 Å². The summed E-state index contributed by atoms with van der Waals surface area (Å²) >= 11 is 0. The SMILES string of the molecule is Cc1nc([C@@H]2CCCN(C(=O)C(C)C)C2)nc2c1CCC(=O)N2CCc1ccccc1. The minimum Gasteiger partial charge on any atom is -0.342 e. The molecule has 0 aliphatic carbocycles. The lowest BCUT2D eigenvalue weighted by Gasteiger charge is -2.34. The van der Waals surface area contributed by atoms with E-state index in [1.165, 1.54) is 5.56 Å². The molecule has 1 aromatic carbocycles. The van der Waals surface area contributed by atoms with Crippen molar-refractivity contribution >= 4 is 17.6 Å². The third kappa shape index (κ3) is 4.63. The Kier molecular flexibility index (Phi) is 6.35. The Morgan fingerprint density at radius 3 is 2.68 bits per heavy atom. The van der Waals surface area contributed by atoms with Gasteiger partial charge in [-0.05, 0) is 38.2 Å². The maximum Gasteiger partial charge on any atom is 0.228 e. The van der Waals surface area contributed by atoms with E-state index in [1.807, 2.05) is 48.8 Å². The van der Waals surface area contributed by atoms with Crippen LogP contribution in [0, 0.1) is 12.8 Å². The summed E-state index contributed by atoms with van der Waals surface area (Å²) in [5.74, 6) is 2.00. The molecule has 1 atom stereocenters. The predicted octanol–water partition coefficient (Wildman–Crippen LogP) is 3.67. The van der Waals surface area contributed by atoms with Crippen LogP contribution in [0.3, 0.4) is 0 Å². The molecule has 4 rings (SSSR count). The molecule has 0 saturated carbocycles. The average molecular weight is 421 g/mol. The Bertz CT molecular complexity index is 957. The van der Waals surface area contributed by atoms with Crippen molar-refractivity contribution in [2.24, 2.45) is 5.92 Å². The summed E-state index contributed by atoms with van der Waals surface area (Å²) in [6.45, 7) is 8.00. The van der Waals surface area contributed by atoms with Crippen molar-refractivity contribution in [3.8, 4) is 0 Å². The minimum absolute atomic E-state index is 0.00367. The van der Waals surface area contributed by atoms with Gasteiger partial charge in [-0.3, -0.25) is 14.5 Å². The molecule has 2 amide bonds. The molecule has 1 saturated heterocycles. The average Bonchev–Trinajstić information content (AvgIpc) is 2.78. The van der Waals surface area contributed by atoms with Crippen molar-refractivity contribution < 1.29 is 9.59 Å². The molecule has 2 aromatic rings. The van der Waals surface area contributed by atoms with Crippen LogP contribution in [-0.4, -0.2) is 46.3 Å². The highest BCUT2D eigenvalue weighted by atomic mass is 16.2. The molecule has 0 bridgehead atoms. The van der Waals surface area contributed by atoms with E-state index in [0.29, 0.717) is 25.9 Å². The number of rotatable bonds is 5. The summed E-state index contributed by atoms with van der Waals surface area (Å²) in [6, 6.07) is 10.2. The van der Waals surface area contributed by atoms with Gasteiger partial charge in [-0.2, -0.15) is 0 Å². The zero-order chi connectivity index (χ0) is 22.0. The Balaban J connectivity index is 1.59. The van der Waals surface area contributed by atoms with Crippen molar-refractivity contribution in [3.63, 3.8) is 0 Å². The number of hydrogen-bond donors (Lipinski definition) is 0. The number of anilines is 1. The third-order valence-corrected chi connectivity index (χ3v) is 6.41. The fourth-order valence-electron chi connectivity index (χ4n) is 4.66. The van der Waals surface area contributed by atoms with Gasteiger partial charge in [0.2, 0.25) is 11.8 Å². The summed E-state index contributed by atoms with van der Waals surface area (Å²) in [7, 11) is 0. The lowest BCUT2D eigenvalue weighted by atomic mass is 9.95. The number of amides is 2. The molecular weight excluding hydrogens is 388 g/mol.